The molecule has 1 aliphatic heterocycles. The standard InChI is InChI=1S/C15H17F4NO/c16-13-7-10(1-4-12(13)15(17,18)19)8-20-5-6-21-14(9-20)11-2-3-11/h1,4,7,11,14H,2-3,5-6,8-9H2/t14-/m1/s1. The minimum absolute atomic E-state index is 0.220. The molecule has 116 valence electrons. The lowest BCUT2D eigenvalue weighted by Crippen LogP contribution is -2.42. The highest BCUT2D eigenvalue weighted by molar-refractivity contribution is 5.26. The molecule has 2 fully saturated rings. The number of nitrogens with zero attached hydrogens (tertiary/aromatic N) is 1. The largest absolute Gasteiger partial charge is 0.419 e. The highest BCUT2D eigenvalue weighted by atomic mass is 19.4. The van der Waals surface area contributed by atoms with Gasteiger partial charge in [0.1, 0.15) is 5.82 Å². The molecule has 0 amide bonds. The molecule has 6 heteroatoms. The van der Waals surface area contributed by atoms with Crippen LogP contribution in [0, 0.1) is 11.7 Å². The highest BCUT2D eigenvalue weighted by Gasteiger charge is 2.36. The maximum absolute atomic E-state index is 13.6. The summed E-state index contributed by atoms with van der Waals surface area (Å²) in [5, 5.41) is 0. The van der Waals surface area contributed by atoms with Gasteiger partial charge in [-0.05, 0) is 36.5 Å². The Balaban J connectivity index is 1.66. The molecule has 1 atom stereocenters. The average Bonchev–Trinajstić information content (AvgIpc) is 3.21. The van der Waals surface area contributed by atoms with Gasteiger partial charge in [-0.1, -0.05) is 6.07 Å². The van der Waals surface area contributed by atoms with Crippen LogP contribution in [-0.2, 0) is 17.5 Å². The summed E-state index contributed by atoms with van der Waals surface area (Å²) >= 11 is 0. The minimum atomic E-state index is -4.64. The van der Waals surface area contributed by atoms with Crippen molar-refractivity contribution in [1.29, 1.82) is 0 Å². The maximum Gasteiger partial charge on any atom is 0.419 e. The Morgan fingerprint density at radius 1 is 1.24 bits per heavy atom. The van der Waals surface area contributed by atoms with Crippen molar-refractivity contribution in [3.8, 4) is 0 Å². The van der Waals surface area contributed by atoms with Gasteiger partial charge in [0, 0.05) is 19.6 Å². The number of benzene rings is 1. The van der Waals surface area contributed by atoms with Crippen LogP contribution in [0.3, 0.4) is 0 Å². The van der Waals surface area contributed by atoms with Gasteiger partial charge in [0.25, 0.3) is 0 Å². The highest BCUT2D eigenvalue weighted by Crippen LogP contribution is 2.36. The van der Waals surface area contributed by atoms with Crippen molar-refractivity contribution in [1.82, 2.24) is 4.90 Å². The van der Waals surface area contributed by atoms with Gasteiger partial charge in [-0.2, -0.15) is 13.2 Å². The number of hydrogen-bond donors (Lipinski definition) is 0. The zero-order valence-electron chi connectivity index (χ0n) is 11.5. The fourth-order valence-electron chi connectivity index (χ4n) is 2.77. The Labute approximate surface area is 120 Å². The van der Waals surface area contributed by atoms with Crippen LogP contribution in [0.15, 0.2) is 18.2 Å². The van der Waals surface area contributed by atoms with Gasteiger partial charge < -0.3 is 4.74 Å². The van der Waals surface area contributed by atoms with Crippen molar-refractivity contribution in [2.45, 2.75) is 31.7 Å². The van der Waals surface area contributed by atoms with Crippen LogP contribution in [0.5, 0.6) is 0 Å². The third-order valence-electron chi connectivity index (χ3n) is 4.07. The first-order valence-electron chi connectivity index (χ1n) is 7.13. The fourth-order valence-corrected chi connectivity index (χ4v) is 2.77. The van der Waals surface area contributed by atoms with Gasteiger partial charge in [-0.3, -0.25) is 4.90 Å². The second-order valence-corrected chi connectivity index (χ2v) is 5.79. The van der Waals surface area contributed by atoms with Crippen molar-refractivity contribution >= 4 is 0 Å². The van der Waals surface area contributed by atoms with Gasteiger partial charge in [0.2, 0.25) is 0 Å². The summed E-state index contributed by atoms with van der Waals surface area (Å²) in [6, 6.07) is 3.17. The molecule has 21 heavy (non-hydrogen) atoms. The topological polar surface area (TPSA) is 12.5 Å². The second-order valence-electron chi connectivity index (χ2n) is 5.79. The molecule has 1 saturated heterocycles. The van der Waals surface area contributed by atoms with E-state index in [2.05, 4.69) is 4.90 Å². The summed E-state index contributed by atoms with van der Waals surface area (Å²) in [5.41, 5.74) is -0.638. The van der Waals surface area contributed by atoms with Crippen LogP contribution in [0.1, 0.15) is 24.0 Å². The Bertz CT molecular complexity index is 513. The number of rotatable bonds is 3. The first-order valence-corrected chi connectivity index (χ1v) is 7.13. The summed E-state index contributed by atoms with van der Waals surface area (Å²) in [5.74, 6) is -0.579. The van der Waals surface area contributed by atoms with Gasteiger partial charge >= 0.3 is 6.18 Å². The number of alkyl halides is 3. The molecule has 3 rings (SSSR count). The molecule has 1 saturated carbocycles. The Morgan fingerprint density at radius 3 is 2.62 bits per heavy atom. The Kier molecular flexibility index (Phi) is 3.92. The van der Waals surface area contributed by atoms with E-state index in [-0.39, 0.29) is 6.10 Å². The Hall–Kier alpha value is -1.14. The maximum atomic E-state index is 13.6. The van der Waals surface area contributed by atoms with E-state index in [1.165, 1.54) is 18.9 Å². The lowest BCUT2D eigenvalue weighted by molar-refractivity contribution is -0.140. The van der Waals surface area contributed by atoms with E-state index in [4.69, 9.17) is 4.74 Å². The lowest BCUT2D eigenvalue weighted by atomic mass is 10.1. The van der Waals surface area contributed by atoms with Gasteiger partial charge in [-0.15, -0.1) is 0 Å². The second kappa shape index (κ2) is 5.57. The predicted molar refractivity (Wildman–Crippen MR) is 69.1 cm³/mol. The van der Waals surface area contributed by atoms with Crippen LogP contribution in [-0.4, -0.2) is 30.7 Å². The van der Waals surface area contributed by atoms with Crippen LogP contribution in [0.4, 0.5) is 17.6 Å². The van der Waals surface area contributed by atoms with Crippen LogP contribution in [0.25, 0.3) is 0 Å². The van der Waals surface area contributed by atoms with E-state index in [0.29, 0.717) is 24.6 Å². The first kappa shape index (κ1) is 14.8. The minimum Gasteiger partial charge on any atom is -0.375 e. The zero-order valence-corrected chi connectivity index (χ0v) is 11.5. The summed E-state index contributed by atoms with van der Waals surface area (Å²) in [6.07, 6.45) is -2.04. The van der Waals surface area contributed by atoms with Crippen molar-refractivity contribution in [3.05, 3.63) is 35.1 Å². The number of hydrogen-bond acceptors (Lipinski definition) is 2. The normalized spacial score (nSPS) is 24.3. The van der Waals surface area contributed by atoms with Gasteiger partial charge in [0.15, 0.2) is 0 Å². The lowest BCUT2D eigenvalue weighted by Gasteiger charge is -2.33. The van der Waals surface area contributed by atoms with Crippen LogP contribution in [0.2, 0.25) is 0 Å². The van der Waals surface area contributed by atoms with E-state index >= 15 is 0 Å². The number of halogens is 4. The zero-order chi connectivity index (χ0) is 15.0. The molecule has 0 bridgehead atoms. The van der Waals surface area contributed by atoms with E-state index in [0.717, 1.165) is 25.2 Å². The van der Waals surface area contributed by atoms with Crippen LogP contribution >= 0.6 is 0 Å². The van der Waals surface area contributed by atoms with E-state index in [1.807, 2.05) is 0 Å². The van der Waals surface area contributed by atoms with Crippen molar-refractivity contribution in [3.63, 3.8) is 0 Å². The molecule has 1 heterocycles. The molecule has 1 aliphatic carbocycles. The molecule has 0 spiro atoms. The van der Waals surface area contributed by atoms with E-state index in [9.17, 15) is 17.6 Å². The molecular weight excluding hydrogens is 286 g/mol. The van der Waals surface area contributed by atoms with Gasteiger partial charge in [0.05, 0.1) is 18.3 Å². The number of ether oxygens (including phenoxy) is 1. The van der Waals surface area contributed by atoms with Crippen molar-refractivity contribution < 1.29 is 22.3 Å². The monoisotopic (exact) mass is 303 g/mol. The van der Waals surface area contributed by atoms with Crippen LogP contribution < -0.4 is 0 Å². The molecule has 1 aromatic carbocycles. The third kappa shape index (κ3) is 3.55. The van der Waals surface area contributed by atoms with E-state index < -0.39 is 17.6 Å². The summed E-state index contributed by atoms with van der Waals surface area (Å²) in [6.45, 7) is 2.59. The molecule has 2 aliphatic rings. The Morgan fingerprint density at radius 2 is 2.00 bits per heavy atom. The number of morpholine rings is 1. The quantitative estimate of drug-likeness (QED) is 0.793. The van der Waals surface area contributed by atoms with E-state index in [1.54, 1.807) is 0 Å². The molecule has 0 radical (unpaired) electrons. The summed E-state index contributed by atoms with van der Waals surface area (Å²) in [7, 11) is 0. The molecule has 0 aromatic heterocycles. The van der Waals surface area contributed by atoms with Gasteiger partial charge in [-0.25, -0.2) is 4.39 Å². The third-order valence-corrected chi connectivity index (χ3v) is 4.07. The summed E-state index contributed by atoms with van der Waals surface area (Å²) < 4.78 is 56.8. The smallest absolute Gasteiger partial charge is 0.375 e. The van der Waals surface area contributed by atoms with Crippen molar-refractivity contribution in [2.75, 3.05) is 19.7 Å². The average molecular weight is 303 g/mol. The molecule has 0 unspecified atom stereocenters. The first-order chi connectivity index (χ1) is 9.93. The predicted octanol–water partition coefficient (Wildman–Crippen LogP) is 3.46. The fraction of sp³-hybridized carbons (Fsp3) is 0.600. The molecular formula is C15H17F4NO. The molecule has 2 nitrogen and oxygen atoms in total. The summed E-state index contributed by atoms with van der Waals surface area (Å²) in [4.78, 5) is 2.12. The SMILES string of the molecule is Fc1cc(CN2CCO[C@@H](C3CC3)C2)ccc1C(F)(F)F. The molecule has 1 aromatic rings. The van der Waals surface area contributed by atoms with Crippen molar-refractivity contribution in [2.24, 2.45) is 5.92 Å². The molecule has 0 N–H and O–H groups in total.